The van der Waals surface area contributed by atoms with Crippen LogP contribution in [-0.2, 0) is 11.3 Å². The van der Waals surface area contributed by atoms with E-state index in [4.69, 9.17) is 4.74 Å². The van der Waals surface area contributed by atoms with Crippen molar-refractivity contribution in [3.63, 3.8) is 0 Å². The molecule has 5 rings (SSSR count). The molecule has 0 bridgehead atoms. The monoisotopic (exact) mass is 419 g/mol. The number of benzene rings is 2. The van der Waals surface area contributed by atoms with Crippen LogP contribution in [0.4, 0.5) is 5.69 Å². The number of nitrogens with one attached hydrogen (secondary N) is 2. The van der Waals surface area contributed by atoms with Crippen LogP contribution in [-0.4, -0.2) is 32.1 Å². The summed E-state index contributed by atoms with van der Waals surface area (Å²) in [4.78, 5) is 14.4. The lowest BCUT2D eigenvalue weighted by Gasteiger charge is -2.38. The van der Waals surface area contributed by atoms with Gasteiger partial charge >= 0.3 is 0 Å². The van der Waals surface area contributed by atoms with Crippen LogP contribution in [0.2, 0.25) is 0 Å². The van der Waals surface area contributed by atoms with Crippen molar-refractivity contribution in [1.82, 2.24) is 10.6 Å². The van der Waals surface area contributed by atoms with Crippen LogP contribution in [0.15, 0.2) is 42.5 Å². The molecule has 5 atom stereocenters. The average molecular weight is 420 g/mol. The van der Waals surface area contributed by atoms with Gasteiger partial charge in [0.2, 0.25) is 5.91 Å². The van der Waals surface area contributed by atoms with Crippen molar-refractivity contribution in [2.45, 2.75) is 63.2 Å². The minimum absolute atomic E-state index is 0.178. The number of hydrogen-bond donors (Lipinski definition) is 2. The van der Waals surface area contributed by atoms with Gasteiger partial charge in [-0.15, -0.1) is 0 Å². The second-order valence-corrected chi connectivity index (χ2v) is 9.29. The first-order valence-corrected chi connectivity index (χ1v) is 11.6. The Kier molecular flexibility index (Phi) is 5.49. The smallest absolute Gasteiger partial charge is 0.230 e. The molecule has 1 aliphatic carbocycles. The Morgan fingerprint density at radius 3 is 2.71 bits per heavy atom. The number of carbonyl (C=O) groups excluding carboxylic acids is 1. The van der Waals surface area contributed by atoms with Gasteiger partial charge in [-0.1, -0.05) is 37.3 Å². The van der Waals surface area contributed by atoms with E-state index in [0.717, 1.165) is 42.8 Å². The van der Waals surface area contributed by atoms with Crippen molar-refractivity contribution < 1.29 is 9.53 Å². The highest BCUT2D eigenvalue weighted by Crippen LogP contribution is 2.56. The summed E-state index contributed by atoms with van der Waals surface area (Å²) in [6, 6.07) is 16.3. The highest BCUT2D eigenvalue weighted by atomic mass is 16.5. The third-order valence-corrected chi connectivity index (χ3v) is 7.48. The zero-order chi connectivity index (χ0) is 21.5. The molecule has 2 aromatic rings. The maximum Gasteiger partial charge on any atom is 0.230 e. The highest BCUT2D eigenvalue weighted by molar-refractivity contribution is 6.01. The Labute approximate surface area is 185 Å². The molecule has 5 nitrogen and oxygen atoms in total. The van der Waals surface area contributed by atoms with Crippen LogP contribution < -0.4 is 20.3 Å². The fraction of sp³-hybridized carbons (Fsp3) is 0.500. The van der Waals surface area contributed by atoms with E-state index >= 15 is 0 Å². The number of anilines is 1. The van der Waals surface area contributed by atoms with E-state index in [1.54, 1.807) is 7.11 Å². The Morgan fingerprint density at radius 2 is 1.97 bits per heavy atom. The van der Waals surface area contributed by atoms with Crippen molar-refractivity contribution >= 4 is 11.6 Å². The largest absolute Gasteiger partial charge is 0.496 e. The molecule has 2 aromatic carbocycles. The number of rotatable bonds is 6. The fourth-order valence-corrected chi connectivity index (χ4v) is 5.49. The normalized spacial score (nSPS) is 29.3. The van der Waals surface area contributed by atoms with Crippen molar-refractivity contribution in [2.24, 2.45) is 5.92 Å². The summed E-state index contributed by atoms with van der Waals surface area (Å²) >= 11 is 0. The molecule has 1 amide bonds. The van der Waals surface area contributed by atoms with E-state index in [1.807, 2.05) is 11.9 Å². The number of piperidine rings is 1. The van der Waals surface area contributed by atoms with Gasteiger partial charge in [0.1, 0.15) is 5.75 Å². The van der Waals surface area contributed by atoms with Gasteiger partial charge < -0.3 is 20.3 Å². The van der Waals surface area contributed by atoms with Crippen molar-refractivity contribution in [3.05, 3.63) is 59.2 Å². The number of methoxy groups -OCH3 is 1. The molecule has 3 unspecified atom stereocenters. The summed E-state index contributed by atoms with van der Waals surface area (Å²) in [6.45, 7) is 2.98. The van der Waals surface area contributed by atoms with Gasteiger partial charge in [0.25, 0.3) is 0 Å². The predicted molar refractivity (Wildman–Crippen MR) is 124 cm³/mol. The molecule has 31 heavy (non-hydrogen) atoms. The zero-order valence-electron chi connectivity index (χ0n) is 18.7. The summed E-state index contributed by atoms with van der Waals surface area (Å²) in [7, 11) is 3.65. The molecule has 164 valence electrons. The minimum Gasteiger partial charge on any atom is -0.496 e. The summed E-state index contributed by atoms with van der Waals surface area (Å²) in [5.74, 6) is 1.74. The van der Waals surface area contributed by atoms with Crippen LogP contribution in [0.1, 0.15) is 61.3 Å². The van der Waals surface area contributed by atoms with E-state index in [1.165, 1.54) is 17.5 Å². The average Bonchev–Trinajstić information content (AvgIpc) is 3.62. The van der Waals surface area contributed by atoms with Gasteiger partial charge in [-0.25, -0.2) is 0 Å². The van der Waals surface area contributed by atoms with Gasteiger partial charge in [0.05, 0.1) is 7.11 Å². The lowest BCUT2D eigenvalue weighted by molar-refractivity contribution is -0.119. The van der Waals surface area contributed by atoms with E-state index in [-0.39, 0.29) is 11.8 Å². The molecule has 3 aliphatic rings. The van der Waals surface area contributed by atoms with Gasteiger partial charge in [0, 0.05) is 48.9 Å². The number of ether oxygens (including phenoxy) is 1. The molecule has 2 N–H and O–H groups in total. The van der Waals surface area contributed by atoms with Gasteiger partial charge in [-0.3, -0.25) is 4.79 Å². The van der Waals surface area contributed by atoms with E-state index in [9.17, 15) is 4.79 Å². The summed E-state index contributed by atoms with van der Waals surface area (Å²) in [5, 5.41) is 7.68. The maximum atomic E-state index is 12.5. The third-order valence-electron chi connectivity index (χ3n) is 7.48. The second-order valence-electron chi connectivity index (χ2n) is 9.29. The maximum absolute atomic E-state index is 12.5. The first-order valence-electron chi connectivity index (χ1n) is 11.6. The van der Waals surface area contributed by atoms with Crippen molar-refractivity contribution in [2.75, 3.05) is 19.1 Å². The molecule has 1 saturated heterocycles. The van der Waals surface area contributed by atoms with Gasteiger partial charge in [0.15, 0.2) is 0 Å². The van der Waals surface area contributed by atoms with Gasteiger partial charge in [-0.05, 0) is 54.9 Å². The van der Waals surface area contributed by atoms with Gasteiger partial charge in [-0.2, -0.15) is 0 Å². The lowest BCUT2D eigenvalue weighted by atomic mass is 9.88. The summed E-state index contributed by atoms with van der Waals surface area (Å²) < 4.78 is 5.77. The molecule has 5 heteroatoms. The standard InChI is InChI=1S/C26H33N3O2/c1-4-18-10-11-22(25(28-18)16-8-6-5-7-9-16)27-15-17-12-23-20(14-24(17)31-3)19-13-21(19)26(30)29(23)2/h5-9,12,14,18-19,21-22,25,27-28H,4,10-11,13,15H2,1-3H3/t18?,19-,21-,22?,25?/m1/s1. The predicted octanol–water partition coefficient (Wildman–Crippen LogP) is 4.14. The quantitative estimate of drug-likeness (QED) is 0.739. The lowest BCUT2D eigenvalue weighted by Crippen LogP contribution is -2.49. The number of fused-ring (bicyclic) bond motifs is 3. The van der Waals surface area contributed by atoms with Crippen LogP contribution in [0.3, 0.4) is 0 Å². The second kappa shape index (κ2) is 8.29. The van der Waals surface area contributed by atoms with Crippen LogP contribution in [0, 0.1) is 5.92 Å². The molecular weight excluding hydrogens is 386 g/mol. The fourth-order valence-electron chi connectivity index (χ4n) is 5.49. The third kappa shape index (κ3) is 3.74. The first-order chi connectivity index (χ1) is 15.1. The van der Waals surface area contributed by atoms with Crippen molar-refractivity contribution in [3.8, 4) is 5.75 Å². The van der Waals surface area contributed by atoms with E-state index in [2.05, 4.69) is 60.0 Å². The molecule has 0 aromatic heterocycles. The van der Waals surface area contributed by atoms with E-state index in [0.29, 0.717) is 24.0 Å². The number of nitrogens with zero attached hydrogens (tertiary/aromatic N) is 1. The minimum atomic E-state index is 0.178. The Balaban J connectivity index is 1.38. The highest BCUT2D eigenvalue weighted by Gasteiger charge is 2.50. The summed E-state index contributed by atoms with van der Waals surface area (Å²) in [6.07, 6.45) is 4.44. The SMILES string of the molecule is CCC1CCC(NCc2cc3c(cc2OC)[C@H]2C[C@H]2C(=O)N3C)C(c2ccccc2)N1. The first kappa shape index (κ1) is 20.5. The Bertz CT molecular complexity index is 961. The molecule has 2 heterocycles. The summed E-state index contributed by atoms with van der Waals surface area (Å²) in [5.41, 5.74) is 4.76. The molecule has 2 aliphatic heterocycles. The molecular formula is C26H33N3O2. The van der Waals surface area contributed by atoms with Crippen molar-refractivity contribution in [1.29, 1.82) is 0 Å². The van der Waals surface area contributed by atoms with Crippen LogP contribution in [0.5, 0.6) is 5.75 Å². The molecule has 0 spiro atoms. The Hall–Kier alpha value is -2.37. The van der Waals surface area contributed by atoms with Crippen LogP contribution >= 0.6 is 0 Å². The topological polar surface area (TPSA) is 53.6 Å². The zero-order valence-corrected chi connectivity index (χ0v) is 18.7. The molecule has 0 radical (unpaired) electrons. The van der Waals surface area contributed by atoms with E-state index < -0.39 is 0 Å². The van der Waals surface area contributed by atoms with Crippen LogP contribution in [0.25, 0.3) is 0 Å². The number of amides is 1. The molecule has 1 saturated carbocycles. The number of hydrogen-bond acceptors (Lipinski definition) is 4. The molecule has 2 fully saturated rings. The Morgan fingerprint density at radius 1 is 1.16 bits per heavy atom. The number of carbonyl (C=O) groups is 1.